The summed E-state index contributed by atoms with van der Waals surface area (Å²) in [6, 6.07) is 0.275. The number of nitrogens with one attached hydrogen (secondary N) is 1. The first-order valence-corrected chi connectivity index (χ1v) is 7.00. The van der Waals surface area contributed by atoms with Gasteiger partial charge in [-0.05, 0) is 26.2 Å². The first kappa shape index (κ1) is 13.0. The van der Waals surface area contributed by atoms with Crippen molar-refractivity contribution in [3.8, 4) is 0 Å². The first-order valence-electron chi connectivity index (χ1n) is 6.12. The molecular weight excluding hydrogens is 250 g/mol. The van der Waals surface area contributed by atoms with E-state index in [2.05, 4.69) is 17.2 Å². The van der Waals surface area contributed by atoms with Crippen LogP contribution in [0.4, 0.5) is 5.13 Å². The molecule has 1 saturated heterocycles. The lowest BCUT2D eigenvalue weighted by atomic mass is 10.0. The molecule has 18 heavy (non-hydrogen) atoms. The summed E-state index contributed by atoms with van der Waals surface area (Å²) in [6.45, 7) is 4.29. The van der Waals surface area contributed by atoms with Gasteiger partial charge >= 0.3 is 0 Å². The van der Waals surface area contributed by atoms with Crippen LogP contribution in [-0.4, -0.2) is 34.3 Å². The minimum Gasteiger partial charge on any atom is -0.335 e. The lowest BCUT2D eigenvalue weighted by Gasteiger charge is -2.32. The van der Waals surface area contributed by atoms with Gasteiger partial charge in [0.05, 0.1) is 0 Å². The number of likely N-dealkylation sites (tertiary alicyclic amines) is 1. The number of piperidine rings is 1. The van der Waals surface area contributed by atoms with Gasteiger partial charge < -0.3 is 10.2 Å². The van der Waals surface area contributed by atoms with Crippen molar-refractivity contribution in [2.75, 3.05) is 11.9 Å². The van der Waals surface area contributed by atoms with Gasteiger partial charge in [-0.3, -0.25) is 9.59 Å². The third-order valence-corrected chi connectivity index (χ3v) is 3.83. The van der Waals surface area contributed by atoms with E-state index in [4.69, 9.17) is 0 Å². The number of hydrogen-bond donors (Lipinski definition) is 1. The molecule has 2 rings (SSSR count). The number of amides is 2. The van der Waals surface area contributed by atoms with Crippen molar-refractivity contribution in [1.82, 2.24) is 9.88 Å². The topological polar surface area (TPSA) is 62.3 Å². The van der Waals surface area contributed by atoms with Gasteiger partial charge in [-0.2, -0.15) is 0 Å². The van der Waals surface area contributed by atoms with E-state index in [1.54, 1.807) is 5.38 Å². The van der Waals surface area contributed by atoms with Gasteiger partial charge in [0.15, 0.2) is 5.13 Å². The molecule has 0 spiro atoms. The zero-order chi connectivity index (χ0) is 13.1. The van der Waals surface area contributed by atoms with Gasteiger partial charge in [0, 0.05) is 24.9 Å². The van der Waals surface area contributed by atoms with E-state index in [0.29, 0.717) is 10.8 Å². The highest BCUT2D eigenvalue weighted by atomic mass is 32.1. The molecule has 5 nitrogen and oxygen atoms in total. The van der Waals surface area contributed by atoms with E-state index in [0.717, 1.165) is 19.4 Å². The molecule has 0 radical (unpaired) electrons. The maximum atomic E-state index is 12.3. The fourth-order valence-electron chi connectivity index (χ4n) is 2.13. The molecule has 0 bridgehead atoms. The molecule has 1 aromatic heterocycles. The second kappa shape index (κ2) is 5.48. The number of hydrogen-bond acceptors (Lipinski definition) is 4. The summed E-state index contributed by atoms with van der Waals surface area (Å²) in [5.74, 6) is -0.204. The number of aromatic nitrogens is 1. The van der Waals surface area contributed by atoms with Crippen LogP contribution in [0.1, 0.15) is 43.6 Å². The van der Waals surface area contributed by atoms with Crippen LogP contribution in [0.15, 0.2) is 5.38 Å². The Morgan fingerprint density at radius 3 is 2.94 bits per heavy atom. The molecule has 1 aromatic rings. The van der Waals surface area contributed by atoms with Crippen LogP contribution in [-0.2, 0) is 4.79 Å². The molecule has 0 aliphatic carbocycles. The Morgan fingerprint density at radius 1 is 1.50 bits per heavy atom. The Kier molecular flexibility index (Phi) is 3.96. The summed E-state index contributed by atoms with van der Waals surface area (Å²) in [5.41, 5.74) is 0.428. The Bertz CT molecular complexity index is 458. The number of rotatable bonds is 2. The zero-order valence-corrected chi connectivity index (χ0v) is 11.4. The number of thiazole rings is 1. The molecule has 1 fully saturated rings. The minimum absolute atomic E-state index is 0.0324. The minimum atomic E-state index is -0.172. The van der Waals surface area contributed by atoms with E-state index >= 15 is 0 Å². The van der Waals surface area contributed by atoms with E-state index < -0.39 is 0 Å². The second-order valence-electron chi connectivity index (χ2n) is 4.56. The van der Waals surface area contributed by atoms with Gasteiger partial charge in [0.25, 0.3) is 5.91 Å². The van der Waals surface area contributed by atoms with Gasteiger partial charge in [-0.15, -0.1) is 11.3 Å². The molecule has 1 atom stereocenters. The molecule has 1 N–H and O–H groups in total. The molecule has 6 heteroatoms. The molecule has 0 unspecified atom stereocenters. The highest BCUT2D eigenvalue weighted by molar-refractivity contribution is 7.14. The summed E-state index contributed by atoms with van der Waals surface area (Å²) in [4.78, 5) is 29.2. The number of carbonyl (C=O) groups excluding carboxylic acids is 2. The van der Waals surface area contributed by atoms with Crippen LogP contribution < -0.4 is 5.32 Å². The molecule has 98 valence electrons. The fourth-order valence-corrected chi connectivity index (χ4v) is 2.86. The largest absolute Gasteiger partial charge is 0.335 e. The lowest BCUT2D eigenvalue weighted by Crippen LogP contribution is -2.42. The average molecular weight is 267 g/mol. The van der Waals surface area contributed by atoms with E-state index in [-0.39, 0.29) is 17.9 Å². The van der Waals surface area contributed by atoms with Crippen molar-refractivity contribution in [3.05, 3.63) is 11.1 Å². The van der Waals surface area contributed by atoms with Crippen LogP contribution in [0.3, 0.4) is 0 Å². The summed E-state index contributed by atoms with van der Waals surface area (Å²) in [6.07, 6.45) is 3.28. The van der Waals surface area contributed by atoms with Crippen LogP contribution in [0.25, 0.3) is 0 Å². The van der Waals surface area contributed by atoms with Crippen LogP contribution in [0, 0.1) is 0 Å². The number of nitrogens with zero attached hydrogens (tertiary/aromatic N) is 2. The molecule has 1 aliphatic heterocycles. The Morgan fingerprint density at radius 2 is 2.28 bits per heavy atom. The Hall–Kier alpha value is -1.43. The third kappa shape index (κ3) is 2.87. The predicted molar refractivity (Wildman–Crippen MR) is 70.8 cm³/mol. The normalized spacial score (nSPS) is 19.7. The molecular formula is C12H17N3O2S. The summed E-state index contributed by atoms with van der Waals surface area (Å²) in [5, 5.41) is 4.78. The molecule has 2 amide bonds. The maximum absolute atomic E-state index is 12.3. The van der Waals surface area contributed by atoms with Crippen molar-refractivity contribution in [3.63, 3.8) is 0 Å². The molecule has 1 aliphatic rings. The van der Waals surface area contributed by atoms with Gasteiger partial charge in [0.2, 0.25) is 5.91 Å². The van der Waals surface area contributed by atoms with Crippen LogP contribution in [0.2, 0.25) is 0 Å². The van der Waals surface area contributed by atoms with Crippen molar-refractivity contribution >= 4 is 28.3 Å². The van der Waals surface area contributed by atoms with E-state index in [1.807, 2.05) is 4.90 Å². The zero-order valence-electron chi connectivity index (χ0n) is 10.6. The monoisotopic (exact) mass is 267 g/mol. The van der Waals surface area contributed by atoms with E-state index in [1.165, 1.54) is 24.7 Å². The summed E-state index contributed by atoms with van der Waals surface area (Å²) < 4.78 is 0. The number of anilines is 1. The van der Waals surface area contributed by atoms with Crippen LogP contribution >= 0.6 is 11.3 Å². The van der Waals surface area contributed by atoms with Gasteiger partial charge in [-0.1, -0.05) is 0 Å². The standard InChI is InChI=1S/C12H17N3O2S/c1-8-5-3-4-6-15(8)11(17)10-7-18-12(14-10)13-9(2)16/h7-8H,3-6H2,1-2H3,(H,13,14,16)/t8-/m0/s1. The Balaban J connectivity index is 2.08. The van der Waals surface area contributed by atoms with E-state index in [9.17, 15) is 9.59 Å². The molecule has 0 saturated carbocycles. The fraction of sp³-hybridized carbons (Fsp3) is 0.583. The highest BCUT2D eigenvalue weighted by Crippen LogP contribution is 2.21. The first-order chi connectivity index (χ1) is 8.58. The average Bonchev–Trinajstić information content (AvgIpc) is 2.76. The van der Waals surface area contributed by atoms with Crippen molar-refractivity contribution in [1.29, 1.82) is 0 Å². The summed E-state index contributed by atoms with van der Waals surface area (Å²) >= 11 is 1.28. The third-order valence-electron chi connectivity index (χ3n) is 3.07. The highest BCUT2D eigenvalue weighted by Gasteiger charge is 2.25. The quantitative estimate of drug-likeness (QED) is 0.892. The second-order valence-corrected chi connectivity index (χ2v) is 5.42. The van der Waals surface area contributed by atoms with Crippen molar-refractivity contribution in [2.24, 2.45) is 0 Å². The molecule has 2 heterocycles. The summed E-state index contributed by atoms with van der Waals surface area (Å²) in [7, 11) is 0. The van der Waals surface area contributed by atoms with Crippen LogP contribution in [0.5, 0.6) is 0 Å². The van der Waals surface area contributed by atoms with Crippen molar-refractivity contribution < 1.29 is 9.59 Å². The van der Waals surface area contributed by atoms with Crippen molar-refractivity contribution in [2.45, 2.75) is 39.2 Å². The molecule has 0 aromatic carbocycles. The maximum Gasteiger partial charge on any atom is 0.273 e. The smallest absolute Gasteiger partial charge is 0.273 e. The predicted octanol–water partition coefficient (Wildman–Crippen LogP) is 2.12. The number of carbonyl (C=O) groups is 2. The Labute approximate surface area is 110 Å². The van der Waals surface area contributed by atoms with Gasteiger partial charge in [-0.25, -0.2) is 4.98 Å². The van der Waals surface area contributed by atoms with Gasteiger partial charge in [0.1, 0.15) is 5.69 Å². The lowest BCUT2D eigenvalue weighted by molar-refractivity contribution is -0.114. The SMILES string of the molecule is CC(=O)Nc1nc(C(=O)N2CCCC[C@@H]2C)cs1.